The number of hydrogen-bond acceptors (Lipinski definition) is 5. The third-order valence-electron chi connectivity index (χ3n) is 3.31. The lowest BCUT2D eigenvalue weighted by atomic mass is 9.98. The third-order valence-corrected chi connectivity index (χ3v) is 3.31. The number of H-pyrrole nitrogens is 1. The zero-order valence-corrected chi connectivity index (χ0v) is 12.1. The standard InChI is InChI=1S/C14H16N6O/c1-8(2)11-12(10-6-16-19-9(10)3)17-14(18-13(11)21)20-5-4-15-7-20/h4-8H,1-3H3,(H,16,19)(H,17,18,21). The van der Waals surface area contributed by atoms with Crippen LogP contribution in [-0.2, 0) is 0 Å². The first-order chi connectivity index (χ1) is 10.1. The fourth-order valence-corrected chi connectivity index (χ4v) is 2.27. The maximum Gasteiger partial charge on any atom is 0.238 e. The summed E-state index contributed by atoms with van der Waals surface area (Å²) in [5.74, 6) is 0.454. The molecule has 0 bridgehead atoms. The van der Waals surface area contributed by atoms with Crippen molar-refractivity contribution in [2.24, 2.45) is 0 Å². The summed E-state index contributed by atoms with van der Waals surface area (Å²) in [6.45, 7) is 5.88. The molecule has 0 aliphatic carbocycles. The molecule has 0 unspecified atom stereocenters. The van der Waals surface area contributed by atoms with Gasteiger partial charge in [0.15, 0.2) is 0 Å². The van der Waals surface area contributed by atoms with E-state index in [1.807, 2.05) is 20.8 Å². The molecule has 3 heterocycles. The van der Waals surface area contributed by atoms with Crippen LogP contribution in [0.15, 0.2) is 24.9 Å². The molecule has 21 heavy (non-hydrogen) atoms. The van der Waals surface area contributed by atoms with Crippen molar-refractivity contribution in [1.82, 2.24) is 29.7 Å². The van der Waals surface area contributed by atoms with Gasteiger partial charge in [0.1, 0.15) is 6.33 Å². The van der Waals surface area contributed by atoms with Crippen LogP contribution in [0.1, 0.15) is 31.0 Å². The van der Waals surface area contributed by atoms with E-state index in [9.17, 15) is 5.11 Å². The normalized spacial score (nSPS) is 11.2. The molecule has 108 valence electrons. The molecule has 0 amide bonds. The summed E-state index contributed by atoms with van der Waals surface area (Å²) in [4.78, 5) is 12.7. The number of aromatic nitrogens is 6. The van der Waals surface area contributed by atoms with Gasteiger partial charge in [-0.1, -0.05) is 13.8 Å². The highest BCUT2D eigenvalue weighted by molar-refractivity contribution is 5.67. The molecule has 7 heteroatoms. The SMILES string of the molecule is Cc1n[nH]cc1-c1nc(-n2ccnc2)nc(O)c1C(C)C. The van der Waals surface area contributed by atoms with Gasteiger partial charge in [0, 0.05) is 29.7 Å². The Morgan fingerprint density at radius 1 is 1.29 bits per heavy atom. The first-order valence-electron chi connectivity index (χ1n) is 6.68. The minimum absolute atomic E-state index is 0.0145. The van der Waals surface area contributed by atoms with Gasteiger partial charge in [0.2, 0.25) is 11.8 Å². The van der Waals surface area contributed by atoms with E-state index in [1.165, 1.54) is 0 Å². The molecular formula is C14H16N6O. The minimum atomic E-state index is -0.0145. The summed E-state index contributed by atoms with van der Waals surface area (Å²) in [6, 6.07) is 0. The maximum absolute atomic E-state index is 10.3. The maximum atomic E-state index is 10.3. The Morgan fingerprint density at radius 2 is 2.10 bits per heavy atom. The number of hydrogen-bond donors (Lipinski definition) is 2. The molecule has 3 aromatic heterocycles. The van der Waals surface area contributed by atoms with Crippen LogP contribution in [0.3, 0.4) is 0 Å². The Bertz CT molecular complexity index is 760. The van der Waals surface area contributed by atoms with Crippen molar-refractivity contribution in [1.29, 1.82) is 0 Å². The number of aromatic hydroxyl groups is 1. The van der Waals surface area contributed by atoms with Gasteiger partial charge < -0.3 is 5.11 Å². The molecule has 3 aromatic rings. The van der Waals surface area contributed by atoms with Crippen molar-refractivity contribution >= 4 is 0 Å². The Hall–Kier alpha value is -2.70. The zero-order valence-electron chi connectivity index (χ0n) is 12.1. The van der Waals surface area contributed by atoms with Crippen LogP contribution in [-0.4, -0.2) is 34.8 Å². The topological polar surface area (TPSA) is 92.5 Å². The van der Waals surface area contributed by atoms with Crippen LogP contribution < -0.4 is 0 Å². The lowest BCUT2D eigenvalue weighted by Crippen LogP contribution is -2.05. The fourth-order valence-electron chi connectivity index (χ4n) is 2.27. The van der Waals surface area contributed by atoms with Crippen LogP contribution >= 0.6 is 0 Å². The van der Waals surface area contributed by atoms with Crippen LogP contribution in [0, 0.1) is 6.92 Å². The molecule has 3 rings (SSSR count). The second-order valence-corrected chi connectivity index (χ2v) is 5.12. The van der Waals surface area contributed by atoms with Crippen molar-refractivity contribution in [3.05, 3.63) is 36.2 Å². The molecule has 0 atom stereocenters. The van der Waals surface area contributed by atoms with Gasteiger partial charge >= 0.3 is 0 Å². The average Bonchev–Trinajstić information content (AvgIpc) is 3.08. The highest BCUT2D eigenvalue weighted by Crippen LogP contribution is 2.34. The van der Waals surface area contributed by atoms with Crippen molar-refractivity contribution in [2.75, 3.05) is 0 Å². The van der Waals surface area contributed by atoms with Gasteiger partial charge in [0.05, 0.1) is 11.4 Å². The Kier molecular flexibility index (Phi) is 3.17. The van der Waals surface area contributed by atoms with E-state index >= 15 is 0 Å². The second-order valence-electron chi connectivity index (χ2n) is 5.12. The number of rotatable bonds is 3. The minimum Gasteiger partial charge on any atom is -0.493 e. The predicted octanol–water partition coefficient (Wildman–Crippen LogP) is 2.19. The van der Waals surface area contributed by atoms with E-state index in [1.54, 1.807) is 29.5 Å². The number of aromatic amines is 1. The molecule has 7 nitrogen and oxygen atoms in total. The van der Waals surface area contributed by atoms with E-state index in [0.29, 0.717) is 17.2 Å². The Balaban J connectivity index is 2.27. The predicted molar refractivity (Wildman–Crippen MR) is 77.2 cm³/mol. The third kappa shape index (κ3) is 2.26. The number of aryl methyl sites for hydroxylation is 1. The van der Waals surface area contributed by atoms with E-state index < -0.39 is 0 Å². The highest BCUT2D eigenvalue weighted by atomic mass is 16.3. The van der Waals surface area contributed by atoms with E-state index in [2.05, 4.69) is 25.1 Å². The molecule has 0 saturated heterocycles. The summed E-state index contributed by atoms with van der Waals surface area (Å²) >= 11 is 0. The molecule has 0 fully saturated rings. The van der Waals surface area contributed by atoms with Crippen molar-refractivity contribution < 1.29 is 5.11 Å². The van der Waals surface area contributed by atoms with Crippen molar-refractivity contribution in [3.63, 3.8) is 0 Å². The summed E-state index contributed by atoms with van der Waals surface area (Å²) in [7, 11) is 0. The lowest BCUT2D eigenvalue weighted by molar-refractivity contribution is 0.440. The van der Waals surface area contributed by atoms with Gasteiger partial charge in [-0.2, -0.15) is 10.1 Å². The average molecular weight is 284 g/mol. The Labute approximate surface area is 121 Å². The molecule has 0 aromatic carbocycles. The zero-order chi connectivity index (χ0) is 15.0. The second kappa shape index (κ2) is 5.01. The first kappa shape index (κ1) is 13.3. The quantitative estimate of drug-likeness (QED) is 0.769. The van der Waals surface area contributed by atoms with Gasteiger partial charge in [0.25, 0.3) is 0 Å². The van der Waals surface area contributed by atoms with Crippen LogP contribution in [0.4, 0.5) is 0 Å². The van der Waals surface area contributed by atoms with Crippen molar-refractivity contribution in [3.8, 4) is 23.1 Å². The van der Waals surface area contributed by atoms with Gasteiger partial charge in [-0.3, -0.25) is 9.67 Å². The molecule has 0 aliphatic heterocycles. The van der Waals surface area contributed by atoms with E-state index in [4.69, 9.17) is 0 Å². The number of nitrogens with zero attached hydrogens (tertiary/aromatic N) is 5. The smallest absolute Gasteiger partial charge is 0.238 e. The lowest BCUT2D eigenvalue weighted by Gasteiger charge is -2.14. The summed E-state index contributed by atoms with van der Waals surface area (Å²) in [6.07, 6.45) is 6.74. The summed E-state index contributed by atoms with van der Waals surface area (Å²) in [5.41, 5.74) is 3.08. The number of nitrogens with one attached hydrogen (secondary N) is 1. The van der Waals surface area contributed by atoms with E-state index in [-0.39, 0.29) is 11.8 Å². The molecule has 0 spiro atoms. The Morgan fingerprint density at radius 3 is 2.67 bits per heavy atom. The molecule has 2 N–H and O–H groups in total. The molecule has 0 aliphatic rings. The van der Waals surface area contributed by atoms with Crippen molar-refractivity contribution in [2.45, 2.75) is 26.7 Å². The van der Waals surface area contributed by atoms with E-state index in [0.717, 1.165) is 11.3 Å². The molecular weight excluding hydrogens is 268 g/mol. The summed E-state index contributed by atoms with van der Waals surface area (Å²) < 4.78 is 1.66. The molecule has 0 saturated carbocycles. The molecule has 0 radical (unpaired) electrons. The van der Waals surface area contributed by atoms with Gasteiger partial charge in [-0.25, -0.2) is 9.97 Å². The first-order valence-corrected chi connectivity index (χ1v) is 6.68. The number of imidazole rings is 1. The van der Waals surface area contributed by atoms with Crippen LogP contribution in [0.2, 0.25) is 0 Å². The monoisotopic (exact) mass is 284 g/mol. The largest absolute Gasteiger partial charge is 0.493 e. The van der Waals surface area contributed by atoms with Gasteiger partial charge in [-0.05, 0) is 12.8 Å². The van der Waals surface area contributed by atoms with Gasteiger partial charge in [-0.15, -0.1) is 0 Å². The fraction of sp³-hybridized carbons (Fsp3) is 0.286. The highest BCUT2D eigenvalue weighted by Gasteiger charge is 2.21. The van der Waals surface area contributed by atoms with Crippen LogP contribution in [0.5, 0.6) is 5.88 Å². The summed E-state index contributed by atoms with van der Waals surface area (Å²) in [5, 5.41) is 17.3. The van der Waals surface area contributed by atoms with Crippen LogP contribution in [0.25, 0.3) is 17.2 Å².